The third-order valence-corrected chi connectivity index (χ3v) is 3.64. The molecule has 0 fully saturated rings. The summed E-state index contributed by atoms with van der Waals surface area (Å²) in [5.74, 6) is 0. The van der Waals surface area contributed by atoms with Crippen molar-refractivity contribution in [1.82, 2.24) is 9.88 Å². The third kappa shape index (κ3) is 2.35. The minimum atomic E-state index is -0.102. The number of amides is 2. The first kappa shape index (κ1) is 12.1. The molecule has 1 aromatic carbocycles. The van der Waals surface area contributed by atoms with Crippen LogP contribution in [0.1, 0.15) is 0 Å². The molecule has 1 heterocycles. The Morgan fingerprint density at radius 2 is 2.06 bits per heavy atom. The van der Waals surface area contributed by atoms with E-state index < -0.39 is 0 Å². The smallest absolute Gasteiger partial charge is 0.325 e. The molecule has 0 aliphatic carbocycles. The zero-order valence-electron chi connectivity index (χ0n) is 9.77. The zero-order valence-corrected chi connectivity index (χ0v) is 11.3. The lowest BCUT2D eigenvalue weighted by Crippen LogP contribution is -2.36. The van der Waals surface area contributed by atoms with Gasteiger partial charge in [-0.25, -0.2) is 9.78 Å². The number of carbonyl (C=O) groups is 1. The van der Waals surface area contributed by atoms with Gasteiger partial charge in [-0.1, -0.05) is 22.9 Å². The third-order valence-electron chi connectivity index (χ3n) is 2.29. The molecule has 17 heavy (non-hydrogen) atoms. The second-order valence-electron chi connectivity index (χ2n) is 3.84. The molecule has 4 nitrogen and oxygen atoms in total. The maximum Gasteiger partial charge on any atom is 0.325 e. The highest BCUT2D eigenvalue weighted by Crippen LogP contribution is 2.30. The second kappa shape index (κ2) is 4.50. The van der Waals surface area contributed by atoms with E-state index in [1.165, 1.54) is 21.1 Å². The van der Waals surface area contributed by atoms with Crippen molar-refractivity contribution in [2.75, 3.05) is 26.0 Å². The number of urea groups is 1. The van der Waals surface area contributed by atoms with Gasteiger partial charge in [-0.15, -0.1) is 0 Å². The molecular weight excluding hydrogens is 258 g/mol. The van der Waals surface area contributed by atoms with E-state index in [2.05, 4.69) is 4.98 Å². The van der Waals surface area contributed by atoms with Crippen LogP contribution in [0.5, 0.6) is 0 Å². The Hall–Kier alpha value is -1.33. The molecule has 6 heteroatoms. The fourth-order valence-electron chi connectivity index (χ4n) is 1.41. The maximum absolute atomic E-state index is 11.8. The van der Waals surface area contributed by atoms with Gasteiger partial charge in [-0.2, -0.15) is 0 Å². The first-order valence-electron chi connectivity index (χ1n) is 5.00. The Labute approximate surface area is 108 Å². The lowest BCUT2D eigenvalue weighted by atomic mass is 10.3. The predicted octanol–water partition coefficient (Wildman–Crippen LogP) is 3.07. The van der Waals surface area contributed by atoms with Gasteiger partial charge in [0.1, 0.15) is 0 Å². The molecule has 0 radical (unpaired) electrons. The molecule has 90 valence electrons. The Kier molecular flexibility index (Phi) is 3.22. The minimum Gasteiger partial charge on any atom is -0.330 e. The summed E-state index contributed by atoms with van der Waals surface area (Å²) in [6, 6.07) is 5.42. The van der Waals surface area contributed by atoms with Crippen LogP contribution in [-0.4, -0.2) is 37.1 Å². The summed E-state index contributed by atoms with van der Waals surface area (Å²) in [6.07, 6.45) is 0. The Balaban J connectivity index is 2.39. The molecule has 0 saturated carbocycles. The summed E-state index contributed by atoms with van der Waals surface area (Å²) in [4.78, 5) is 19.2. The van der Waals surface area contributed by atoms with E-state index in [1.54, 1.807) is 27.2 Å². The highest BCUT2D eigenvalue weighted by molar-refractivity contribution is 7.22. The lowest BCUT2D eigenvalue weighted by Gasteiger charge is -2.18. The van der Waals surface area contributed by atoms with Crippen molar-refractivity contribution in [3.05, 3.63) is 23.2 Å². The maximum atomic E-state index is 11.8. The van der Waals surface area contributed by atoms with Crippen LogP contribution in [0.15, 0.2) is 18.2 Å². The predicted molar refractivity (Wildman–Crippen MR) is 72.1 cm³/mol. The number of hydrogen-bond acceptors (Lipinski definition) is 3. The van der Waals surface area contributed by atoms with Gasteiger partial charge in [0.2, 0.25) is 0 Å². The summed E-state index contributed by atoms with van der Waals surface area (Å²) >= 11 is 7.36. The van der Waals surface area contributed by atoms with Crippen molar-refractivity contribution in [1.29, 1.82) is 0 Å². The molecule has 0 aliphatic heterocycles. The van der Waals surface area contributed by atoms with E-state index in [0.717, 1.165) is 10.2 Å². The van der Waals surface area contributed by atoms with Crippen LogP contribution in [0.25, 0.3) is 10.2 Å². The SMILES string of the molecule is CN(C)C(=O)N(C)c1nc2cc(Cl)ccc2s1. The number of hydrogen-bond donors (Lipinski definition) is 0. The average molecular weight is 270 g/mol. The van der Waals surface area contributed by atoms with Gasteiger partial charge in [0.15, 0.2) is 5.13 Å². The summed E-state index contributed by atoms with van der Waals surface area (Å²) in [5.41, 5.74) is 0.816. The molecule has 0 saturated heterocycles. The molecule has 0 spiro atoms. The molecule has 0 bridgehead atoms. The fraction of sp³-hybridized carbons (Fsp3) is 0.273. The zero-order chi connectivity index (χ0) is 12.6. The quantitative estimate of drug-likeness (QED) is 0.798. The monoisotopic (exact) mass is 269 g/mol. The van der Waals surface area contributed by atoms with Gasteiger partial charge >= 0.3 is 6.03 Å². The van der Waals surface area contributed by atoms with E-state index in [-0.39, 0.29) is 6.03 Å². The highest BCUT2D eigenvalue weighted by Gasteiger charge is 2.16. The highest BCUT2D eigenvalue weighted by atomic mass is 35.5. The van der Waals surface area contributed by atoms with Crippen molar-refractivity contribution < 1.29 is 4.79 Å². The van der Waals surface area contributed by atoms with Gasteiger partial charge in [0.05, 0.1) is 10.2 Å². The Morgan fingerprint density at radius 3 is 2.71 bits per heavy atom. The van der Waals surface area contributed by atoms with E-state index in [4.69, 9.17) is 11.6 Å². The molecule has 0 unspecified atom stereocenters. The fourth-order valence-corrected chi connectivity index (χ4v) is 2.48. The van der Waals surface area contributed by atoms with Crippen LogP contribution in [0.4, 0.5) is 9.93 Å². The van der Waals surface area contributed by atoms with Crippen LogP contribution in [0, 0.1) is 0 Å². The molecule has 2 amide bonds. The standard InChI is InChI=1S/C11H12ClN3OS/c1-14(2)11(16)15(3)10-13-8-6-7(12)4-5-9(8)17-10/h4-6H,1-3H3. The second-order valence-corrected chi connectivity index (χ2v) is 5.29. The van der Waals surface area contributed by atoms with Gasteiger partial charge in [-0.05, 0) is 18.2 Å². The number of thiazole rings is 1. The van der Waals surface area contributed by atoms with E-state index in [1.807, 2.05) is 12.1 Å². The average Bonchev–Trinajstić information content (AvgIpc) is 2.69. The summed E-state index contributed by atoms with van der Waals surface area (Å²) in [7, 11) is 5.13. The normalized spacial score (nSPS) is 10.6. The number of benzene rings is 1. The largest absolute Gasteiger partial charge is 0.330 e. The van der Waals surface area contributed by atoms with E-state index >= 15 is 0 Å². The topological polar surface area (TPSA) is 36.4 Å². The van der Waals surface area contributed by atoms with Gasteiger partial charge in [0.25, 0.3) is 0 Å². The number of nitrogens with zero attached hydrogens (tertiary/aromatic N) is 3. The van der Waals surface area contributed by atoms with Crippen LogP contribution < -0.4 is 4.90 Å². The Bertz CT molecular complexity index is 567. The number of carbonyl (C=O) groups excluding carboxylic acids is 1. The molecule has 0 aliphatic rings. The molecule has 0 atom stereocenters. The first-order chi connectivity index (χ1) is 7.99. The first-order valence-corrected chi connectivity index (χ1v) is 6.19. The van der Waals surface area contributed by atoms with Crippen molar-refractivity contribution in [3.63, 3.8) is 0 Å². The van der Waals surface area contributed by atoms with Crippen LogP contribution in [-0.2, 0) is 0 Å². The summed E-state index contributed by atoms with van der Waals surface area (Å²) in [6.45, 7) is 0. The minimum absolute atomic E-state index is 0.102. The van der Waals surface area contributed by atoms with Crippen molar-refractivity contribution >= 4 is 44.3 Å². The molecule has 2 aromatic rings. The molecule has 2 rings (SSSR count). The number of fused-ring (bicyclic) bond motifs is 1. The molecule has 1 aromatic heterocycles. The van der Waals surface area contributed by atoms with E-state index in [9.17, 15) is 4.79 Å². The van der Waals surface area contributed by atoms with Crippen LogP contribution in [0.3, 0.4) is 0 Å². The Morgan fingerprint density at radius 1 is 1.35 bits per heavy atom. The van der Waals surface area contributed by atoms with Crippen molar-refractivity contribution in [3.8, 4) is 0 Å². The summed E-state index contributed by atoms with van der Waals surface area (Å²) in [5, 5.41) is 1.32. The van der Waals surface area contributed by atoms with E-state index in [0.29, 0.717) is 10.2 Å². The van der Waals surface area contributed by atoms with Gasteiger partial charge < -0.3 is 4.90 Å². The van der Waals surface area contributed by atoms with Crippen LogP contribution in [0.2, 0.25) is 5.02 Å². The van der Waals surface area contributed by atoms with Crippen molar-refractivity contribution in [2.24, 2.45) is 0 Å². The van der Waals surface area contributed by atoms with Crippen molar-refractivity contribution in [2.45, 2.75) is 0 Å². The lowest BCUT2D eigenvalue weighted by molar-refractivity contribution is 0.225. The van der Waals surface area contributed by atoms with Gasteiger partial charge in [0, 0.05) is 26.2 Å². The number of aromatic nitrogens is 1. The molecular formula is C11H12ClN3OS. The van der Waals surface area contributed by atoms with Crippen LogP contribution >= 0.6 is 22.9 Å². The summed E-state index contributed by atoms with van der Waals surface area (Å²) < 4.78 is 1.02. The number of rotatable bonds is 1. The number of anilines is 1. The van der Waals surface area contributed by atoms with Gasteiger partial charge in [-0.3, -0.25) is 4.90 Å². The number of halogens is 1. The molecule has 0 N–H and O–H groups in total.